The average Bonchev–Trinajstić information content (AvgIpc) is 3.62. The molecule has 0 aliphatic carbocycles. The predicted octanol–water partition coefficient (Wildman–Crippen LogP) is 4.02. The molecule has 0 bridgehead atoms. The second-order valence-electron chi connectivity index (χ2n) is 17.4. The number of nitrogens with one attached hydrogen (secondary N) is 2. The quantitative estimate of drug-likeness (QED) is 0.168. The molecule has 2 rings (SSSR count). The van der Waals surface area contributed by atoms with Gasteiger partial charge in [0.15, 0.2) is 0 Å². The molecule has 1 unspecified atom stereocenters. The number of benzene rings is 1. The van der Waals surface area contributed by atoms with Crippen LogP contribution in [0.4, 0.5) is 0 Å². The number of likely N-dealkylation sites (tertiary alicyclic amines) is 1. The van der Waals surface area contributed by atoms with E-state index in [4.69, 9.17) is 15.2 Å². The topological polar surface area (TPSA) is 164 Å². The highest BCUT2D eigenvalue weighted by molar-refractivity contribution is 5.90. The van der Waals surface area contributed by atoms with Gasteiger partial charge in [0.25, 0.3) is 0 Å². The molecule has 318 valence electrons. The number of rotatable bonds is 21. The molecule has 0 radical (unpaired) electrons. The van der Waals surface area contributed by atoms with E-state index in [1.54, 1.807) is 30.9 Å². The Labute approximate surface area is 337 Å². The minimum Gasteiger partial charge on any atom is -0.379 e. The summed E-state index contributed by atoms with van der Waals surface area (Å²) >= 11 is 0. The van der Waals surface area contributed by atoms with Gasteiger partial charge in [-0.05, 0) is 64.0 Å². The van der Waals surface area contributed by atoms with Crippen molar-refractivity contribution in [2.24, 2.45) is 29.4 Å². The van der Waals surface area contributed by atoms with Crippen LogP contribution in [0.5, 0.6) is 0 Å². The number of ether oxygens (including phenoxy) is 2. The molecule has 1 aliphatic rings. The number of carbonyl (C=O) groups is 5. The fourth-order valence-corrected chi connectivity index (χ4v) is 8.00. The van der Waals surface area contributed by atoms with E-state index >= 15 is 0 Å². The second-order valence-corrected chi connectivity index (χ2v) is 17.4. The molecule has 1 aromatic rings. The Bertz CT molecular complexity index is 1430. The van der Waals surface area contributed by atoms with Crippen molar-refractivity contribution in [1.82, 2.24) is 25.3 Å². The number of methoxy groups -OCH3 is 2. The predicted molar refractivity (Wildman–Crippen MR) is 220 cm³/mol. The minimum absolute atomic E-state index is 0.00195. The van der Waals surface area contributed by atoms with Crippen LogP contribution in [0.3, 0.4) is 0 Å². The lowest BCUT2D eigenvalue weighted by molar-refractivity contribution is -0.148. The van der Waals surface area contributed by atoms with E-state index in [0.29, 0.717) is 13.0 Å². The summed E-state index contributed by atoms with van der Waals surface area (Å²) in [7, 11) is 6.75. The molecule has 1 heterocycles. The Morgan fingerprint density at radius 1 is 0.911 bits per heavy atom. The van der Waals surface area contributed by atoms with Crippen LogP contribution in [0.25, 0.3) is 0 Å². The van der Waals surface area contributed by atoms with Crippen LogP contribution in [0.15, 0.2) is 30.3 Å². The Morgan fingerprint density at radius 3 is 2.00 bits per heavy atom. The van der Waals surface area contributed by atoms with Crippen LogP contribution in [-0.4, -0.2) is 127 Å². The van der Waals surface area contributed by atoms with Crippen molar-refractivity contribution in [2.75, 3.05) is 34.9 Å². The number of nitrogens with two attached hydrogens (primary N) is 1. The standard InChI is InChI=1S/C43H74N6O7/c1-15-28(6)37(47(11)42(54)35(26(2)3)46-41(53)36(27(4)5)48(12)43(8,9)10)33(55-13)25-34(50)49-23-19-22-32(49)38(56-14)29(7)40(52)45-31(39(44)51)24-30-20-17-16-18-21-30/h16-18,20-21,26-29,31-33,35-38H,15,19,22-25H2,1-14H3,(H2,44,51)(H,45,52)(H,46,53)/t28-,29+,31?,32-,33+,35-,36-,37-,38+/m0/s1. The highest BCUT2D eigenvalue weighted by Gasteiger charge is 2.44. The summed E-state index contributed by atoms with van der Waals surface area (Å²) in [6, 6.07) is 6.32. The smallest absolute Gasteiger partial charge is 0.245 e. The summed E-state index contributed by atoms with van der Waals surface area (Å²) < 4.78 is 12.0. The Hall–Kier alpha value is -3.55. The molecule has 9 atom stereocenters. The van der Waals surface area contributed by atoms with Crippen molar-refractivity contribution >= 4 is 29.5 Å². The summed E-state index contributed by atoms with van der Waals surface area (Å²) in [5.74, 6) is -2.57. The first-order valence-electron chi connectivity index (χ1n) is 20.4. The zero-order valence-corrected chi connectivity index (χ0v) is 36.8. The van der Waals surface area contributed by atoms with Crippen molar-refractivity contribution in [3.63, 3.8) is 0 Å². The van der Waals surface area contributed by atoms with Crippen molar-refractivity contribution in [3.8, 4) is 0 Å². The van der Waals surface area contributed by atoms with E-state index in [9.17, 15) is 24.0 Å². The van der Waals surface area contributed by atoms with Gasteiger partial charge in [-0.1, -0.05) is 85.2 Å². The maximum absolute atomic E-state index is 14.4. The lowest BCUT2D eigenvalue weighted by Crippen LogP contribution is -2.61. The molecule has 1 fully saturated rings. The van der Waals surface area contributed by atoms with E-state index in [-0.39, 0.29) is 59.8 Å². The first-order chi connectivity index (χ1) is 26.1. The molecule has 4 N–H and O–H groups in total. The van der Waals surface area contributed by atoms with Crippen LogP contribution in [0.1, 0.15) is 100 Å². The van der Waals surface area contributed by atoms with Gasteiger partial charge < -0.3 is 35.6 Å². The highest BCUT2D eigenvalue weighted by Crippen LogP contribution is 2.30. The van der Waals surface area contributed by atoms with Gasteiger partial charge in [0.05, 0.1) is 42.7 Å². The van der Waals surface area contributed by atoms with Gasteiger partial charge in [-0.2, -0.15) is 0 Å². The van der Waals surface area contributed by atoms with E-state index < -0.39 is 54.2 Å². The SMILES string of the molecule is CC[C@H](C)[C@@H]([C@@H](CC(=O)N1CCC[C@H]1[C@H](OC)[C@@H](C)C(=O)NC(Cc1ccccc1)C(N)=O)OC)N(C)C(=O)[C@@H](NC(=O)[C@H](C(C)C)N(C)C(C)(C)C)C(C)C. The van der Waals surface area contributed by atoms with Crippen LogP contribution in [-0.2, 0) is 39.9 Å². The third-order valence-electron chi connectivity index (χ3n) is 11.8. The van der Waals surface area contributed by atoms with Gasteiger partial charge in [-0.3, -0.25) is 28.9 Å². The zero-order valence-electron chi connectivity index (χ0n) is 36.8. The minimum atomic E-state index is -0.907. The number of amides is 5. The highest BCUT2D eigenvalue weighted by atomic mass is 16.5. The number of carbonyl (C=O) groups excluding carboxylic acids is 5. The maximum atomic E-state index is 14.4. The second kappa shape index (κ2) is 21.8. The molecule has 1 aromatic carbocycles. The largest absolute Gasteiger partial charge is 0.379 e. The molecule has 56 heavy (non-hydrogen) atoms. The molecular weight excluding hydrogens is 713 g/mol. The van der Waals surface area contributed by atoms with E-state index in [1.807, 2.05) is 83.8 Å². The monoisotopic (exact) mass is 787 g/mol. The van der Waals surface area contributed by atoms with Crippen LogP contribution < -0.4 is 16.4 Å². The first-order valence-corrected chi connectivity index (χ1v) is 20.4. The van der Waals surface area contributed by atoms with Crippen LogP contribution in [0.2, 0.25) is 0 Å². The first kappa shape index (κ1) is 48.6. The van der Waals surface area contributed by atoms with Crippen LogP contribution in [0, 0.1) is 23.7 Å². The van der Waals surface area contributed by atoms with E-state index in [1.165, 1.54) is 7.11 Å². The van der Waals surface area contributed by atoms with E-state index in [0.717, 1.165) is 18.4 Å². The summed E-state index contributed by atoms with van der Waals surface area (Å²) in [6.45, 7) is 20.3. The number of primary amides is 1. The Kier molecular flexibility index (Phi) is 18.9. The lowest BCUT2D eigenvalue weighted by atomic mass is 9.89. The fraction of sp³-hybridized carbons (Fsp3) is 0.744. The number of hydrogen-bond acceptors (Lipinski definition) is 8. The number of likely N-dealkylation sites (N-methyl/N-ethyl adjacent to an activating group) is 2. The maximum Gasteiger partial charge on any atom is 0.245 e. The van der Waals surface area contributed by atoms with Crippen molar-refractivity contribution < 1.29 is 33.4 Å². The number of hydrogen-bond donors (Lipinski definition) is 3. The summed E-state index contributed by atoms with van der Waals surface area (Å²) in [5.41, 5.74) is 6.29. The molecule has 0 spiro atoms. The summed E-state index contributed by atoms with van der Waals surface area (Å²) in [6.07, 6.45) is 1.04. The molecule has 1 aliphatic heterocycles. The molecule has 1 saturated heterocycles. The molecule has 0 aromatic heterocycles. The van der Waals surface area contributed by atoms with Crippen molar-refractivity contribution in [3.05, 3.63) is 35.9 Å². The zero-order chi connectivity index (χ0) is 42.7. The van der Waals surface area contributed by atoms with Gasteiger partial charge in [-0.25, -0.2) is 0 Å². The van der Waals surface area contributed by atoms with Crippen molar-refractivity contribution in [2.45, 2.75) is 149 Å². The van der Waals surface area contributed by atoms with Crippen molar-refractivity contribution in [1.29, 1.82) is 0 Å². The third-order valence-corrected chi connectivity index (χ3v) is 11.8. The Balaban J connectivity index is 2.30. The normalized spacial score (nSPS) is 19.2. The average molecular weight is 787 g/mol. The van der Waals surface area contributed by atoms with Gasteiger partial charge >= 0.3 is 0 Å². The lowest BCUT2D eigenvalue weighted by Gasteiger charge is -2.42. The molecule has 5 amide bonds. The molecule has 13 heteroatoms. The summed E-state index contributed by atoms with van der Waals surface area (Å²) in [5, 5.41) is 5.91. The molecule has 0 saturated carbocycles. The summed E-state index contributed by atoms with van der Waals surface area (Å²) in [4.78, 5) is 73.9. The number of nitrogens with zero attached hydrogens (tertiary/aromatic N) is 3. The van der Waals surface area contributed by atoms with Gasteiger partial charge in [0.1, 0.15) is 12.1 Å². The van der Waals surface area contributed by atoms with Gasteiger partial charge in [-0.15, -0.1) is 0 Å². The Morgan fingerprint density at radius 2 is 1.52 bits per heavy atom. The van der Waals surface area contributed by atoms with Gasteiger partial charge in [0.2, 0.25) is 29.5 Å². The molecular formula is C43H74N6O7. The fourth-order valence-electron chi connectivity index (χ4n) is 8.00. The molecule has 13 nitrogen and oxygen atoms in total. The van der Waals surface area contributed by atoms with Crippen LogP contribution >= 0.6 is 0 Å². The third kappa shape index (κ3) is 12.7. The van der Waals surface area contributed by atoms with Gasteiger partial charge in [0, 0.05) is 39.8 Å². The van der Waals surface area contributed by atoms with E-state index in [2.05, 4.69) is 31.4 Å².